The van der Waals surface area contributed by atoms with Crippen LogP contribution in [0.25, 0.3) is 11.1 Å². The first-order valence-electron chi connectivity index (χ1n) is 14.2. The highest BCUT2D eigenvalue weighted by Crippen LogP contribution is 2.37. The van der Waals surface area contributed by atoms with Crippen molar-refractivity contribution in [1.29, 1.82) is 0 Å². The summed E-state index contributed by atoms with van der Waals surface area (Å²) in [5.41, 5.74) is 0.368. The molecule has 0 atom stereocenters. The van der Waals surface area contributed by atoms with Crippen LogP contribution >= 0.6 is 11.3 Å². The third-order valence-corrected chi connectivity index (χ3v) is 8.19. The Hall–Kier alpha value is -4.18. The summed E-state index contributed by atoms with van der Waals surface area (Å²) < 4.78 is 32.9. The number of carbonyl (C=O) groups is 2. The Labute approximate surface area is 252 Å². The third-order valence-electron chi connectivity index (χ3n) is 7.44. The van der Waals surface area contributed by atoms with Gasteiger partial charge in [-0.05, 0) is 56.6 Å². The number of nitrogens with zero attached hydrogens (tertiary/aromatic N) is 6. The van der Waals surface area contributed by atoms with E-state index in [9.17, 15) is 18.4 Å². The molecule has 2 fully saturated rings. The van der Waals surface area contributed by atoms with Gasteiger partial charge >= 0.3 is 0 Å². The molecule has 226 valence electrons. The number of amides is 2. The molecule has 3 aromatic heterocycles. The van der Waals surface area contributed by atoms with Crippen molar-refractivity contribution in [2.45, 2.75) is 45.0 Å². The lowest BCUT2D eigenvalue weighted by molar-refractivity contribution is -0.133. The highest BCUT2D eigenvalue weighted by Gasteiger charge is 2.26. The van der Waals surface area contributed by atoms with Crippen molar-refractivity contribution in [3.63, 3.8) is 0 Å². The number of hydrogen-bond donors (Lipinski definition) is 1. The van der Waals surface area contributed by atoms with E-state index in [0.29, 0.717) is 41.0 Å². The van der Waals surface area contributed by atoms with Gasteiger partial charge in [0.25, 0.3) is 12.3 Å². The predicted molar refractivity (Wildman–Crippen MR) is 159 cm³/mol. The smallest absolute Gasteiger partial charge is 0.280 e. The molecule has 2 aliphatic rings. The average Bonchev–Trinajstić information content (AvgIpc) is 3.72. The SMILES string of the molecule is COc1cnc(C(F)F)cc1-c1cc(N2CCCC(C(=O)N(C)C)CCC2)ncc1C(=O)Nc1nnc(C#CC2CC2)s1. The second-order valence-electron chi connectivity index (χ2n) is 10.8. The first-order valence-corrected chi connectivity index (χ1v) is 15.0. The number of methoxy groups -OCH3 is 1. The third kappa shape index (κ3) is 7.43. The van der Waals surface area contributed by atoms with Crippen LogP contribution in [0.3, 0.4) is 0 Å². The molecule has 0 spiro atoms. The molecule has 1 N–H and O–H groups in total. The highest BCUT2D eigenvalue weighted by molar-refractivity contribution is 7.15. The Balaban J connectivity index is 1.45. The Morgan fingerprint density at radius 2 is 1.81 bits per heavy atom. The van der Waals surface area contributed by atoms with Crippen molar-refractivity contribution in [2.24, 2.45) is 11.8 Å². The Morgan fingerprint density at radius 3 is 2.47 bits per heavy atom. The Kier molecular flexibility index (Phi) is 9.45. The van der Waals surface area contributed by atoms with E-state index in [1.165, 1.54) is 25.6 Å². The molecule has 0 radical (unpaired) electrons. The van der Waals surface area contributed by atoms with Crippen molar-refractivity contribution >= 4 is 34.1 Å². The van der Waals surface area contributed by atoms with Crippen LogP contribution in [-0.2, 0) is 4.79 Å². The van der Waals surface area contributed by atoms with Gasteiger partial charge in [-0.25, -0.2) is 13.8 Å². The van der Waals surface area contributed by atoms with Crippen LogP contribution in [0.5, 0.6) is 5.75 Å². The van der Waals surface area contributed by atoms with Gasteiger partial charge in [0.05, 0.1) is 18.9 Å². The summed E-state index contributed by atoms with van der Waals surface area (Å²) in [5.74, 6) is 6.94. The van der Waals surface area contributed by atoms with Gasteiger partial charge in [-0.2, -0.15) is 0 Å². The number of hydrogen-bond acceptors (Lipinski definition) is 9. The van der Waals surface area contributed by atoms with E-state index in [1.54, 1.807) is 25.1 Å². The molecule has 1 aliphatic heterocycles. The van der Waals surface area contributed by atoms with Gasteiger partial charge < -0.3 is 14.5 Å². The quantitative estimate of drug-likeness (QED) is 0.371. The summed E-state index contributed by atoms with van der Waals surface area (Å²) in [4.78, 5) is 38.2. The van der Waals surface area contributed by atoms with E-state index in [0.717, 1.165) is 49.9 Å². The molecule has 1 saturated heterocycles. The van der Waals surface area contributed by atoms with E-state index < -0.39 is 18.0 Å². The number of halogens is 2. The number of rotatable bonds is 7. The Morgan fingerprint density at radius 1 is 1.07 bits per heavy atom. The fourth-order valence-electron chi connectivity index (χ4n) is 5.01. The van der Waals surface area contributed by atoms with Crippen LogP contribution in [0, 0.1) is 23.7 Å². The number of anilines is 2. The van der Waals surface area contributed by atoms with Crippen LogP contribution in [-0.4, -0.2) is 71.2 Å². The normalized spacial score (nSPS) is 15.7. The van der Waals surface area contributed by atoms with Gasteiger partial charge in [-0.1, -0.05) is 17.3 Å². The molecule has 0 bridgehead atoms. The van der Waals surface area contributed by atoms with E-state index in [1.807, 2.05) is 0 Å². The molecule has 10 nitrogen and oxygen atoms in total. The lowest BCUT2D eigenvalue weighted by Crippen LogP contribution is -2.34. The summed E-state index contributed by atoms with van der Waals surface area (Å²) in [5, 5.41) is 11.6. The molecule has 2 amide bonds. The minimum absolute atomic E-state index is 0.0128. The van der Waals surface area contributed by atoms with Crippen molar-refractivity contribution in [3.8, 4) is 28.7 Å². The number of aromatic nitrogens is 4. The van der Waals surface area contributed by atoms with Crippen LogP contribution in [0.15, 0.2) is 24.5 Å². The topological polar surface area (TPSA) is 113 Å². The largest absolute Gasteiger partial charge is 0.494 e. The lowest BCUT2D eigenvalue weighted by atomic mass is 9.94. The van der Waals surface area contributed by atoms with E-state index in [2.05, 4.69) is 42.2 Å². The Bertz CT molecular complexity index is 1540. The molecular formula is C30H33F2N7O3S. The van der Waals surface area contributed by atoms with E-state index in [4.69, 9.17) is 4.74 Å². The summed E-state index contributed by atoms with van der Waals surface area (Å²) in [6.45, 7) is 1.31. The summed E-state index contributed by atoms with van der Waals surface area (Å²) in [6.07, 6.45) is 5.09. The zero-order valence-electron chi connectivity index (χ0n) is 24.3. The zero-order valence-corrected chi connectivity index (χ0v) is 25.1. The first kappa shape index (κ1) is 30.3. The average molecular weight is 610 g/mol. The fraction of sp³-hybridized carbons (Fsp3) is 0.467. The summed E-state index contributed by atoms with van der Waals surface area (Å²) >= 11 is 1.16. The molecule has 4 heterocycles. The number of carbonyl (C=O) groups excluding carboxylic acids is 2. The molecule has 3 aromatic rings. The van der Waals surface area contributed by atoms with Gasteiger partial charge in [-0.3, -0.25) is 19.9 Å². The molecule has 1 saturated carbocycles. The minimum Gasteiger partial charge on any atom is -0.494 e. The van der Waals surface area contributed by atoms with Crippen LogP contribution in [0.1, 0.15) is 66.0 Å². The van der Waals surface area contributed by atoms with Gasteiger partial charge in [-0.15, -0.1) is 10.2 Å². The number of pyridine rings is 2. The lowest BCUT2D eigenvalue weighted by Gasteiger charge is -2.30. The van der Waals surface area contributed by atoms with Crippen LogP contribution in [0.2, 0.25) is 0 Å². The van der Waals surface area contributed by atoms with Crippen LogP contribution < -0.4 is 15.0 Å². The second-order valence-corrected chi connectivity index (χ2v) is 11.8. The molecular weight excluding hydrogens is 576 g/mol. The summed E-state index contributed by atoms with van der Waals surface area (Å²) in [7, 11) is 4.97. The molecule has 43 heavy (non-hydrogen) atoms. The molecule has 13 heteroatoms. The number of nitrogens with one attached hydrogen (secondary N) is 1. The number of alkyl halides is 2. The molecule has 0 aromatic carbocycles. The highest BCUT2D eigenvalue weighted by atomic mass is 32.1. The van der Waals surface area contributed by atoms with Crippen molar-refractivity contribution in [1.82, 2.24) is 25.1 Å². The maximum absolute atomic E-state index is 13.7. The van der Waals surface area contributed by atoms with Gasteiger partial charge in [0.2, 0.25) is 11.0 Å². The zero-order chi connectivity index (χ0) is 30.5. The van der Waals surface area contributed by atoms with Crippen molar-refractivity contribution < 1.29 is 23.1 Å². The number of ether oxygens (including phenoxy) is 1. The monoisotopic (exact) mass is 609 g/mol. The molecule has 5 rings (SSSR count). The summed E-state index contributed by atoms with van der Waals surface area (Å²) in [6, 6.07) is 2.96. The maximum Gasteiger partial charge on any atom is 0.280 e. The first-order chi connectivity index (χ1) is 20.7. The minimum atomic E-state index is -2.81. The van der Waals surface area contributed by atoms with Gasteiger partial charge in [0.15, 0.2) is 5.01 Å². The van der Waals surface area contributed by atoms with Gasteiger partial charge in [0.1, 0.15) is 17.3 Å². The van der Waals surface area contributed by atoms with E-state index >= 15 is 0 Å². The van der Waals surface area contributed by atoms with E-state index in [-0.39, 0.29) is 28.3 Å². The van der Waals surface area contributed by atoms with Crippen molar-refractivity contribution in [2.75, 3.05) is 44.5 Å². The standard InChI is InChI=1S/C30H33F2N7O3S/c1-38(2)29(41)19-6-4-12-39(13-5-7-19)25-15-20(21-14-23(27(31)32)33-17-24(21)42-3)22(16-34-25)28(40)35-30-37-36-26(43-30)11-10-18-8-9-18/h14-19,27H,4-9,12-13H2,1-3H3,(H,35,37,40). The molecule has 0 unspecified atom stereocenters. The van der Waals surface area contributed by atoms with Crippen LogP contribution in [0.4, 0.5) is 19.7 Å². The predicted octanol–water partition coefficient (Wildman–Crippen LogP) is 5.04. The fourth-order valence-corrected chi connectivity index (χ4v) is 5.61. The van der Waals surface area contributed by atoms with Crippen molar-refractivity contribution in [3.05, 3.63) is 40.8 Å². The van der Waals surface area contributed by atoms with Gasteiger partial charge in [0, 0.05) is 56.3 Å². The molecule has 1 aliphatic carbocycles. The second kappa shape index (κ2) is 13.4. The maximum atomic E-state index is 13.7.